The van der Waals surface area contributed by atoms with Crippen LogP contribution in [0.1, 0.15) is 58.7 Å². The van der Waals surface area contributed by atoms with Gasteiger partial charge in [-0.05, 0) is 126 Å². The molecule has 28 nitrogen and oxygen atoms in total. The molecule has 99 heavy (non-hydrogen) atoms. The fourth-order valence-electron chi connectivity index (χ4n) is 10.1. The number of phenols is 3. The lowest BCUT2D eigenvalue weighted by Crippen LogP contribution is -2.13. The summed E-state index contributed by atoms with van der Waals surface area (Å²) in [5.74, 6) is -4.77. The number of hydrogen-bond donors (Lipinski definition) is 10. The number of anilines is 2. The summed E-state index contributed by atoms with van der Waals surface area (Å²) >= 11 is 1.31. The number of thioether (sulfide) groups is 1. The van der Waals surface area contributed by atoms with E-state index in [1.54, 1.807) is 111 Å². The second kappa shape index (κ2) is 28.4. The molecule has 0 fully saturated rings. The van der Waals surface area contributed by atoms with Crippen molar-refractivity contribution >= 4 is 143 Å². The quantitative estimate of drug-likeness (QED) is 0.0197. The molecule has 1 atom stereocenters. The maximum atomic E-state index is 13.2. The Morgan fingerprint density at radius 2 is 1.00 bits per heavy atom. The van der Waals surface area contributed by atoms with Gasteiger partial charge in [0, 0.05) is 27.9 Å². The molecular formula is C67H51N9O19S4. The fraction of sp³-hybridized carbons (Fsp3) is 0.0597. The van der Waals surface area contributed by atoms with E-state index in [0.717, 1.165) is 28.6 Å². The summed E-state index contributed by atoms with van der Waals surface area (Å²) in [6, 6.07) is 49.2. The number of carbonyl (C=O) groups excluding carboxylic acids is 1. The molecule has 1 heterocycles. The highest BCUT2D eigenvalue weighted by molar-refractivity contribution is 8.00. The molecule has 0 bridgehead atoms. The van der Waals surface area contributed by atoms with Crippen LogP contribution in [0.3, 0.4) is 0 Å². The second-order valence-electron chi connectivity index (χ2n) is 21.6. The molecule has 10 N–H and O–H groups in total. The number of aromatic hydroxyl groups is 3. The van der Waals surface area contributed by atoms with E-state index in [1.165, 1.54) is 36.0 Å². The highest BCUT2D eigenvalue weighted by atomic mass is 32.2. The first-order valence-corrected chi connectivity index (χ1v) is 33.9. The summed E-state index contributed by atoms with van der Waals surface area (Å²) in [5.41, 5.74) is 2.43. The second-order valence-corrected chi connectivity index (χ2v) is 26.9. The predicted molar refractivity (Wildman–Crippen MR) is 366 cm³/mol. The number of azo groups is 3. The van der Waals surface area contributed by atoms with Crippen LogP contribution >= 0.6 is 11.8 Å². The number of nitro benzene ring substituents is 1. The number of phenolic OH excluding ortho intramolecular Hbond substituents is 1. The average molecular weight is 1410 g/mol. The molecule has 1 aliphatic rings. The third kappa shape index (κ3) is 15.5. The number of nitro groups is 1. The van der Waals surface area contributed by atoms with Gasteiger partial charge < -0.3 is 36.2 Å². The predicted octanol–water partition coefficient (Wildman–Crippen LogP) is 16.3. The van der Waals surface area contributed by atoms with E-state index in [-0.39, 0.29) is 55.6 Å². The molecular weight excluding hydrogens is 1360 g/mol. The summed E-state index contributed by atoms with van der Waals surface area (Å²) in [4.78, 5) is 45.5. The number of hydrogen-bond acceptors (Lipinski definition) is 22. The minimum atomic E-state index is -4.68. The van der Waals surface area contributed by atoms with Crippen molar-refractivity contribution in [1.29, 1.82) is 0 Å². The number of fused-ring (bicyclic) bond motifs is 4. The van der Waals surface area contributed by atoms with Crippen LogP contribution in [0.4, 0.5) is 51.2 Å². The largest absolute Gasteiger partial charge is 0.505 e. The Morgan fingerprint density at radius 1 is 0.515 bits per heavy atom. The summed E-state index contributed by atoms with van der Waals surface area (Å²) in [5, 5.41) is 94.4. The van der Waals surface area contributed by atoms with Crippen molar-refractivity contribution in [1.82, 2.24) is 0 Å². The number of carboxylic acids is 2. The number of para-hydroxylation sites is 1. The molecule has 0 radical (unpaired) electrons. The van der Waals surface area contributed by atoms with Gasteiger partial charge in [-0.25, -0.2) is 9.59 Å². The number of carboxylic acid groups (broad SMARTS) is 2. The lowest BCUT2D eigenvalue weighted by atomic mass is 10.0. The molecule has 0 aliphatic carbocycles. The van der Waals surface area contributed by atoms with Crippen molar-refractivity contribution in [2.24, 2.45) is 30.7 Å². The number of rotatable bonds is 15. The maximum absolute atomic E-state index is 13.2. The first kappa shape index (κ1) is 69.9. The Morgan fingerprint density at radius 3 is 1.51 bits per heavy atom. The van der Waals surface area contributed by atoms with Crippen LogP contribution in [0.15, 0.2) is 238 Å². The van der Waals surface area contributed by atoms with Gasteiger partial charge in [-0.3, -0.25) is 28.6 Å². The topological polar surface area (TPSA) is 457 Å². The summed E-state index contributed by atoms with van der Waals surface area (Å²) in [7, 11) is -13.6. The van der Waals surface area contributed by atoms with Gasteiger partial charge in [0.1, 0.15) is 53.9 Å². The van der Waals surface area contributed by atoms with E-state index in [0.29, 0.717) is 66.1 Å². The van der Waals surface area contributed by atoms with Gasteiger partial charge in [0.15, 0.2) is 22.9 Å². The summed E-state index contributed by atoms with van der Waals surface area (Å²) < 4.78 is 97.7. The standard InChI is InChI=1S/C32H26N4O5S2.C18H14N2O6S.C17H11N3O8S/c1-18-7-3-6-10-25(18)33-31(38)24-17-21-8-4-5-9-23(21)27(28(24)37)36-35-22-14-12-20(13-15-22)32-34-26-16-11-19(2)30(29(26)42-32)43(39,40)41;1-10-6-7-14(15(8-10)27(24,25)26)19-20-16-12-5-3-2-4-11(12)9-13(17(16)21)18(22)23;21-16-12(17(22)23)7-9-3-1-2-4-11(9)15(16)19-18-13-6-5-10(29(26,27)28)8-14(13)20(24)25/h3-17,32,34,37H,1-2H3,(H,33,38)(H,39,40,41);2-9,21H,1H3,(H,22,23)(H,24,25,26);1-8,21H,(H,22,23)(H,26,27,28). The van der Waals surface area contributed by atoms with Crippen LogP contribution in [0, 0.1) is 30.9 Å². The molecule has 0 saturated carbocycles. The molecule has 0 saturated heterocycles. The SMILES string of the molecule is Cc1ccc(N=Nc2c(O)c(C(=O)O)cc3ccccc23)c(S(=O)(=O)O)c1.Cc1ccccc1NC(=O)c1cc2ccccc2c(N=Nc2ccc(C3Nc4ccc(C)c(S(=O)(=O)O)c4S3)cc2)c1O.O=C(O)c1cc2ccccc2c(N=Nc2ccc(S(=O)(=O)O)cc2[N+](=O)[O-])c1O. The summed E-state index contributed by atoms with van der Waals surface area (Å²) in [6.07, 6.45) is 0. The molecule has 11 aromatic rings. The van der Waals surface area contributed by atoms with Crippen molar-refractivity contribution < 1.29 is 83.8 Å². The molecule has 502 valence electrons. The van der Waals surface area contributed by atoms with Crippen molar-refractivity contribution in [3.05, 3.63) is 237 Å². The zero-order valence-electron chi connectivity index (χ0n) is 51.3. The van der Waals surface area contributed by atoms with Crippen LogP contribution in [0.2, 0.25) is 0 Å². The number of amides is 1. The highest BCUT2D eigenvalue weighted by Crippen LogP contribution is 2.51. The lowest BCUT2D eigenvalue weighted by Gasteiger charge is -2.12. The molecule has 1 aliphatic heterocycles. The van der Waals surface area contributed by atoms with E-state index in [9.17, 15) is 84.4 Å². The van der Waals surface area contributed by atoms with Crippen molar-refractivity contribution in [3.8, 4) is 17.2 Å². The Kier molecular flexibility index (Phi) is 20.1. The zero-order valence-corrected chi connectivity index (χ0v) is 54.6. The monoisotopic (exact) mass is 1410 g/mol. The maximum Gasteiger partial charge on any atom is 0.339 e. The van der Waals surface area contributed by atoms with Gasteiger partial charge in [0.05, 0.1) is 26.8 Å². The molecule has 11 aromatic carbocycles. The first-order valence-electron chi connectivity index (χ1n) is 28.7. The van der Waals surface area contributed by atoms with E-state index in [1.807, 2.05) is 55.5 Å². The molecule has 0 spiro atoms. The van der Waals surface area contributed by atoms with Crippen molar-refractivity contribution in [2.75, 3.05) is 10.6 Å². The lowest BCUT2D eigenvalue weighted by molar-refractivity contribution is -0.384. The molecule has 1 amide bonds. The number of aromatic carboxylic acids is 2. The van der Waals surface area contributed by atoms with Crippen LogP contribution in [-0.4, -0.2) is 87.2 Å². The number of benzene rings is 11. The number of nitrogens with one attached hydrogen (secondary N) is 2. The fourth-order valence-corrected chi connectivity index (χ4v) is 13.9. The Labute approximate surface area is 565 Å². The molecule has 1 unspecified atom stereocenters. The van der Waals surface area contributed by atoms with Gasteiger partial charge in [-0.2, -0.15) is 30.4 Å². The number of aryl methyl sites for hydroxylation is 3. The minimum Gasteiger partial charge on any atom is -0.505 e. The smallest absolute Gasteiger partial charge is 0.339 e. The van der Waals surface area contributed by atoms with E-state index in [2.05, 4.69) is 41.3 Å². The van der Waals surface area contributed by atoms with Crippen LogP contribution < -0.4 is 10.6 Å². The van der Waals surface area contributed by atoms with Crippen LogP contribution in [0.25, 0.3) is 32.3 Å². The first-order chi connectivity index (χ1) is 46.9. The Hall–Kier alpha value is -11.9. The zero-order chi connectivity index (χ0) is 71.4. The molecule has 12 rings (SSSR count). The van der Waals surface area contributed by atoms with Gasteiger partial charge in [-0.1, -0.05) is 127 Å². The minimum absolute atomic E-state index is 0.0784. The van der Waals surface area contributed by atoms with Gasteiger partial charge in [0.25, 0.3) is 41.9 Å². The Balaban J connectivity index is 0.000000167. The number of nitrogens with zero attached hydrogens (tertiary/aromatic N) is 7. The third-order valence-corrected chi connectivity index (χ3v) is 19.2. The third-order valence-electron chi connectivity index (χ3n) is 15.0. The number of carbonyl (C=O) groups is 3. The normalized spacial score (nSPS) is 13.0. The highest BCUT2D eigenvalue weighted by Gasteiger charge is 2.31. The molecule has 0 aromatic heterocycles. The van der Waals surface area contributed by atoms with E-state index in [4.69, 9.17) is 4.55 Å². The Bertz CT molecular complexity index is 5620. The van der Waals surface area contributed by atoms with Gasteiger partial charge in [-0.15, -0.1) is 25.6 Å². The van der Waals surface area contributed by atoms with Crippen molar-refractivity contribution in [2.45, 2.75) is 45.7 Å². The molecule has 32 heteroatoms. The average Bonchev–Trinajstić information content (AvgIpc) is 1.70. The van der Waals surface area contributed by atoms with Crippen molar-refractivity contribution in [3.63, 3.8) is 0 Å². The summed E-state index contributed by atoms with van der Waals surface area (Å²) in [6.45, 7) is 5.18. The van der Waals surface area contributed by atoms with Gasteiger partial charge in [0.2, 0.25) is 0 Å². The van der Waals surface area contributed by atoms with E-state index < -0.39 is 85.7 Å². The van der Waals surface area contributed by atoms with Gasteiger partial charge >= 0.3 is 11.9 Å². The van der Waals surface area contributed by atoms with Crippen LogP contribution in [-0.2, 0) is 30.4 Å². The van der Waals surface area contributed by atoms with E-state index >= 15 is 0 Å². The van der Waals surface area contributed by atoms with Crippen LogP contribution in [0.5, 0.6) is 17.2 Å².